The van der Waals surface area contributed by atoms with Gasteiger partial charge in [0.05, 0.1) is 12.5 Å². The van der Waals surface area contributed by atoms with E-state index in [9.17, 15) is 9.90 Å². The number of esters is 1. The van der Waals surface area contributed by atoms with Crippen LogP contribution in [0.25, 0.3) is 0 Å². The highest BCUT2D eigenvalue weighted by Crippen LogP contribution is 2.22. The maximum absolute atomic E-state index is 12.9. The molecule has 1 N–H and O–H groups in total. The fourth-order valence-electron chi connectivity index (χ4n) is 7.61. The van der Waals surface area contributed by atoms with Gasteiger partial charge in [-0.15, -0.1) is 0 Å². The number of rotatable bonds is 44. The Hall–Kier alpha value is -0.650. The Morgan fingerprint density at radius 1 is 0.462 bits per heavy atom. The molecule has 52 heavy (non-hydrogen) atoms. The van der Waals surface area contributed by atoms with E-state index in [1.165, 1.54) is 167 Å². The molecule has 0 bridgehead atoms. The lowest BCUT2D eigenvalue weighted by molar-refractivity contribution is -0.149. The fraction of sp³-hybridized carbons (Fsp3) is 0.979. The van der Waals surface area contributed by atoms with Gasteiger partial charge in [-0.05, 0) is 76.8 Å². The van der Waals surface area contributed by atoms with Crippen LogP contribution in [0.5, 0.6) is 0 Å². The summed E-state index contributed by atoms with van der Waals surface area (Å²) in [5.41, 5.74) is 0. The minimum atomic E-state index is 0.0669. The van der Waals surface area contributed by atoms with E-state index >= 15 is 0 Å². The van der Waals surface area contributed by atoms with Crippen LogP contribution in [0, 0.1) is 11.8 Å². The Morgan fingerprint density at radius 3 is 1.35 bits per heavy atom. The van der Waals surface area contributed by atoms with Gasteiger partial charge in [0.15, 0.2) is 0 Å². The van der Waals surface area contributed by atoms with Crippen molar-refractivity contribution in [1.82, 2.24) is 4.90 Å². The zero-order chi connectivity index (χ0) is 38.0. The van der Waals surface area contributed by atoms with Gasteiger partial charge in [0, 0.05) is 26.4 Å². The number of carbonyl (C=O) groups is 1. The summed E-state index contributed by atoms with van der Waals surface area (Å²) in [7, 11) is 0. The van der Waals surface area contributed by atoms with Gasteiger partial charge in [0.1, 0.15) is 0 Å². The maximum Gasteiger partial charge on any atom is 0.308 e. The number of ether oxygens (including phenoxy) is 2. The normalized spacial score (nSPS) is 12.9. The summed E-state index contributed by atoms with van der Waals surface area (Å²) in [5, 5.41) is 9.44. The molecule has 2 atom stereocenters. The number of unbranched alkanes of at least 4 members (excludes halogenated alkanes) is 22. The third-order valence-corrected chi connectivity index (χ3v) is 11.2. The highest BCUT2D eigenvalue weighted by molar-refractivity contribution is 5.72. The van der Waals surface area contributed by atoms with E-state index in [4.69, 9.17) is 9.47 Å². The second-order valence-electron chi connectivity index (χ2n) is 16.4. The number of nitrogens with zero attached hydrogens (tertiary/aromatic N) is 1. The lowest BCUT2D eigenvalue weighted by Gasteiger charge is -2.22. The van der Waals surface area contributed by atoms with E-state index < -0.39 is 0 Å². The molecule has 2 unspecified atom stereocenters. The summed E-state index contributed by atoms with van der Waals surface area (Å²) in [6.07, 6.45) is 41.3. The SMILES string of the molecule is CCCCCCCCC(CCCCCC)COCCCCCCN(CCCO)CCCCCCOC(=O)C(CCCCCC)CCCCCCCC. The first-order chi connectivity index (χ1) is 25.6. The molecule has 5 nitrogen and oxygen atoms in total. The molecule has 0 aromatic rings. The highest BCUT2D eigenvalue weighted by Gasteiger charge is 2.19. The molecular formula is C47H95NO4. The van der Waals surface area contributed by atoms with Crippen LogP contribution in [0.3, 0.4) is 0 Å². The zero-order valence-corrected chi connectivity index (χ0v) is 36.1. The van der Waals surface area contributed by atoms with E-state index in [0.717, 1.165) is 83.7 Å². The van der Waals surface area contributed by atoms with E-state index in [1.54, 1.807) is 0 Å². The highest BCUT2D eigenvalue weighted by atomic mass is 16.5. The lowest BCUT2D eigenvalue weighted by atomic mass is 9.94. The Bertz CT molecular complexity index is 688. The fourth-order valence-corrected chi connectivity index (χ4v) is 7.61. The van der Waals surface area contributed by atoms with Crippen LogP contribution in [-0.2, 0) is 14.3 Å². The molecular weight excluding hydrogens is 643 g/mol. The van der Waals surface area contributed by atoms with Crippen molar-refractivity contribution in [3.63, 3.8) is 0 Å². The smallest absolute Gasteiger partial charge is 0.308 e. The van der Waals surface area contributed by atoms with Gasteiger partial charge < -0.3 is 19.5 Å². The van der Waals surface area contributed by atoms with Gasteiger partial charge in [0.25, 0.3) is 0 Å². The standard InChI is InChI=1S/C47H95NO4/c1-5-9-13-17-19-26-35-45(34-25-15-11-7-3)44-51-42-31-23-21-29-38-48(40-33-41-49)39-30-22-24-32-43-52-47(50)46(36-27-16-12-8-4)37-28-20-18-14-10-6-2/h45-46,49H,5-44H2,1-4H3. The van der Waals surface area contributed by atoms with Crippen molar-refractivity contribution in [2.45, 2.75) is 240 Å². The van der Waals surface area contributed by atoms with E-state index in [-0.39, 0.29) is 18.5 Å². The molecule has 0 rings (SSSR count). The first-order valence-corrected chi connectivity index (χ1v) is 23.7. The summed E-state index contributed by atoms with van der Waals surface area (Å²) in [5.74, 6) is 0.931. The molecule has 0 aliphatic rings. The molecule has 0 spiro atoms. The molecule has 0 aromatic carbocycles. The molecule has 0 saturated carbocycles. The van der Waals surface area contributed by atoms with Gasteiger partial charge in [-0.1, -0.05) is 182 Å². The number of aliphatic hydroxyl groups is 1. The van der Waals surface area contributed by atoms with Crippen LogP contribution < -0.4 is 0 Å². The van der Waals surface area contributed by atoms with Crippen LogP contribution in [0.4, 0.5) is 0 Å². The Balaban J connectivity index is 4.19. The average Bonchev–Trinajstić information content (AvgIpc) is 3.15. The topological polar surface area (TPSA) is 59.0 Å². The summed E-state index contributed by atoms with van der Waals surface area (Å²) < 4.78 is 12.1. The minimum Gasteiger partial charge on any atom is -0.465 e. The van der Waals surface area contributed by atoms with Gasteiger partial charge in [0.2, 0.25) is 0 Å². The third kappa shape index (κ3) is 36.3. The van der Waals surface area contributed by atoms with Crippen molar-refractivity contribution in [2.24, 2.45) is 11.8 Å². The Labute approximate surface area is 326 Å². The summed E-state index contributed by atoms with van der Waals surface area (Å²) in [6.45, 7) is 15.1. The Morgan fingerprint density at radius 2 is 0.846 bits per heavy atom. The molecule has 0 amide bonds. The predicted molar refractivity (Wildman–Crippen MR) is 227 cm³/mol. The number of aliphatic hydroxyl groups excluding tert-OH is 1. The van der Waals surface area contributed by atoms with Crippen LogP contribution in [0.2, 0.25) is 0 Å². The molecule has 312 valence electrons. The first-order valence-electron chi connectivity index (χ1n) is 23.7. The van der Waals surface area contributed by atoms with Gasteiger partial charge in [-0.25, -0.2) is 0 Å². The van der Waals surface area contributed by atoms with Crippen LogP contribution in [0.15, 0.2) is 0 Å². The molecule has 0 aliphatic heterocycles. The van der Waals surface area contributed by atoms with Gasteiger partial charge in [-0.3, -0.25) is 4.79 Å². The largest absolute Gasteiger partial charge is 0.465 e. The number of hydrogen-bond donors (Lipinski definition) is 1. The predicted octanol–water partition coefficient (Wildman–Crippen LogP) is 14.0. The molecule has 0 fully saturated rings. The number of hydrogen-bond acceptors (Lipinski definition) is 5. The van der Waals surface area contributed by atoms with Gasteiger partial charge in [-0.2, -0.15) is 0 Å². The first kappa shape index (κ1) is 51.4. The van der Waals surface area contributed by atoms with Gasteiger partial charge >= 0.3 is 5.97 Å². The summed E-state index contributed by atoms with van der Waals surface area (Å²) >= 11 is 0. The summed E-state index contributed by atoms with van der Waals surface area (Å²) in [4.78, 5) is 15.5. The van der Waals surface area contributed by atoms with Crippen LogP contribution in [0.1, 0.15) is 240 Å². The molecule has 0 aliphatic carbocycles. The molecule has 0 saturated heterocycles. The molecule has 0 radical (unpaired) electrons. The molecule has 0 aromatic heterocycles. The minimum absolute atomic E-state index is 0.0669. The number of carbonyl (C=O) groups excluding carboxylic acids is 1. The lowest BCUT2D eigenvalue weighted by Crippen LogP contribution is -2.28. The van der Waals surface area contributed by atoms with E-state index in [2.05, 4.69) is 32.6 Å². The van der Waals surface area contributed by atoms with Crippen molar-refractivity contribution in [3.05, 3.63) is 0 Å². The van der Waals surface area contributed by atoms with Crippen molar-refractivity contribution in [1.29, 1.82) is 0 Å². The molecule has 5 heteroatoms. The zero-order valence-electron chi connectivity index (χ0n) is 36.1. The monoisotopic (exact) mass is 738 g/mol. The van der Waals surface area contributed by atoms with E-state index in [0.29, 0.717) is 6.61 Å². The van der Waals surface area contributed by atoms with Crippen LogP contribution in [-0.4, -0.2) is 62.0 Å². The van der Waals surface area contributed by atoms with Crippen molar-refractivity contribution in [3.8, 4) is 0 Å². The third-order valence-electron chi connectivity index (χ3n) is 11.2. The Kier molecular flexibility index (Phi) is 42.5. The quantitative estimate of drug-likeness (QED) is 0.0498. The van der Waals surface area contributed by atoms with Crippen molar-refractivity contribution in [2.75, 3.05) is 46.1 Å². The van der Waals surface area contributed by atoms with Crippen molar-refractivity contribution < 1.29 is 19.4 Å². The van der Waals surface area contributed by atoms with E-state index in [1.807, 2.05) is 0 Å². The summed E-state index contributed by atoms with van der Waals surface area (Å²) in [6, 6.07) is 0. The molecule has 0 heterocycles. The van der Waals surface area contributed by atoms with Crippen molar-refractivity contribution >= 4 is 5.97 Å². The maximum atomic E-state index is 12.9. The average molecular weight is 738 g/mol. The second-order valence-corrected chi connectivity index (χ2v) is 16.4. The second kappa shape index (κ2) is 43.1. The van der Waals surface area contributed by atoms with Crippen LogP contribution >= 0.6 is 0 Å².